The Morgan fingerprint density at radius 3 is 2.71 bits per heavy atom. The smallest absolute Gasteiger partial charge is 0.387 e. The predicted molar refractivity (Wildman–Crippen MR) is 102 cm³/mol. The molecule has 0 bridgehead atoms. The average molecular weight is 430 g/mol. The van der Waals surface area contributed by atoms with Crippen molar-refractivity contribution < 1.29 is 27.4 Å². The number of rotatable bonds is 7. The Morgan fingerprint density at radius 2 is 2.00 bits per heavy atom. The van der Waals surface area contributed by atoms with Crippen LogP contribution in [0.3, 0.4) is 0 Å². The van der Waals surface area contributed by atoms with Gasteiger partial charge in [-0.15, -0.1) is 11.3 Å². The fourth-order valence-corrected chi connectivity index (χ4v) is 4.11. The minimum atomic E-state index is -2.97. The minimum absolute atomic E-state index is 0.0732. The summed E-state index contributed by atoms with van der Waals surface area (Å²) in [6.45, 7) is -2.72. The summed E-state index contributed by atoms with van der Waals surface area (Å²) in [6, 6.07) is 8.79. The molecule has 0 fully saturated rings. The predicted octanol–water partition coefficient (Wildman–Crippen LogP) is 5.28. The number of amides is 1. The van der Waals surface area contributed by atoms with Crippen molar-refractivity contribution in [3.05, 3.63) is 57.7 Å². The summed E-state index contributed by atoms with van der Waals surface area (Å²) < 4.78 is 48.3. The van der Waals surface area contributed by atoms with Crippen LogP contribution in [0.1, 0.15) is 15.2 Å². The number of hydrogen-bond acceptors (Lipinski definition) is 4. The lowest BCUT2D eigenvalue weighted by molar-refractivity contribution is -0.0512. The first-order valence-corrected chi connectivity index (χ1v) is 9.36. The van der Waals surface area contributed by atoms with Gasteiger partial charge in [-0.05, 0) is 42.3 Å². The molecule has 0 radical (unpaired) electrons. The molecule has 0 saturated carbocycles. The molecule has 3 rings (SSSR count). The second kappa shape index (κ2) is 8.70. The maximum Gasteiger partial charge on any atom is 0.387 e. The van der Waals surface area contributed by atoms with E-state index in [1.54, 1.807) is 6.07 Å². The van der Waals surface area contributed by atoms with Gasteiger partial charge in [0.25, 0.3) is 5.91 Å². The van der Waals surface area contributed by atoms with E-state index in [0.29, 0.717) is 26.9 Å². The summed E-state index contributed by atoms with van der Waals surface area (Å²) in [7, 11) is 1.36. The van der Waals surface area contributed by atoms with Gasteiger partial charge < -0.3 is 14.8 Å². The van der Waals surface area contributed by atoms with Crippen LogP contribution in [-0.4, -0.2) is 26.2 Å². The molecule has 4 nitrogen and oxygen atoms in total. The summed E-state index contributed by atoms with van der Waals surface area (Å²) in [5, 5.41) is 3.61. The van der Waals surface area contributed by atoms with Crippen molar-refractivity contribution in [2.75, 3.05) is 13.7 Å². The zero-order valence-electron chi connectivity index (χ0n) is 14.6. The molecule has 0 saturated heterocycles. The summed E-state index contributed by atoms with van der Waals surface area (Å²) in [5.41, 5.74) is 0.682. The Balaban J connectivity index is 1.66. The fourth-order valence-electron chi connectivity index (χ4n) is 2.65. The molecule has 0 atom stereocenters. The van der Waals surface area contributed by atoms with E-state index >= 15 is 0 Å². The highest BCUT2D eigenvalue weighted by molar-refractivity contribution is 7.21. The fraction of sp³-hybridized carbons (Fsp3) is 0.211. The topological polar surface area (TPSA) is 47.6 Å². The standard InChI is InChI=1S/C19H15ClF3NO3S/c1-26-13-5-2-10(8-14(13)27-19(22)23)6-7-24-18(25)17-16(20)12-4-3-11(21)9-15(12)28-17/h2-5,8-9,19H,6-7H2,1H3,(H,24,25). The van der Waals surface area contributed by atoms with E-state index in [0.717, 1.165) is 11.3 Å². The molecule has 0 aliphatic carbocycles. The minimum Gasteiger partial charge on any atom is -0.493 e. The van der Waals surface area contributed by atoms with E-state index in [1.807, 2.05) is 0 Å². The lowest BCUT2D eigenvalue weighted by Crippen LogP contribution is -2.25. The van der Waals surface area contributed by atoms with Crippen molar-refractivity contribution in [1.29, 1.82) is 0 Å². The van der Waals surface area contributed by atoms with Crippen molar-refractivity contribution >= 4 is 38.9 Å². The second-order valence-corrected chi connectivity index (χ2v) is 7.19. The number of nitrogens with one attached hydrogen (secondary N) is 1. The maximum absolute atomic E-state index is 13.3. The number of carbonyl (C=O) groups is 1. The number of alkyl halides is 2. The van der Waals surface area contributed by atoms with E-state index in [9.17, 15) is 18.0 Å². The average Bonchev–Trinajstić information content (AvgIpc) is 2.97. The van der Waals surface area contributed by atoms with Crippen molar-refractivity contribution in [3.8, 4) is 11.5 Å². The molecule has 0 aliphatic heterocycles. The highest BCUT2D eigenvalue weighted by atomic mass is 35.5. The van der Waals surface area contributed by atoms with Crippen LogP contribution in [0.5, 0.6) is 11.5 Å². The SMILES string of the molecule is COc1ccc(CCNC(=O)c2sc3cc(F)ccc3c2Cl)cc1OC(F)F. The van der Waals surface area contributed by atoms with Gasteiger partial charge in [0.15, 0.2) is 11.5 Å². The van der Waals surface area contributed by atoms with Gasteiger partial charge in [0.05, 0.1) is 12.1 Å². The van der Waals surface area contributed by atoms with Crippen LogP contribution in [-0.2, 0) is 6.42 Å². The Kier molecular flexibility index (Phi) is 6.31. The number of ether oxygens (including phenoxy) is 2. The van der Waals surface area contributed by atoms with Crippen molar-refractivity contribution in [2.45, 2.75) is 13.0 Å². The van der Waals surface area contributed by atoms with Crippen LogP contribution in [0.2, 0.25) is 5.02 Å². The maximum atomic E-state index is 13.3. The van der Waals surface area contributed by atoms with Gasteiger partial charge in [-0.3, -0.25) is 4.79 Å². The van der Waals surface area contributed by atoms with Crippen LogP contribution in [0.25, 0.3) is 10.1 Å². The molecule has 0 unspecified atom stereocenters. The van der Waals surface area contributed by atoms with Gasteiger partial charge in [0.1, 0.15) is 10.7 Å². The number of halogens is 4. The molecule has 9 heteroatoms. The molecule has 28 heavy (non-hydrogen) atoms. The Hall–Kier alpha value is -2.45. The molecule has 1 aromatic heterocycles. The molecule has 0 spiro atoms. The number of benzene rings is 2. The molecule has 148 valence electrons. The van der Waals surface area contributed by atoms with Crippen molar-refractivity contribution in [3.63, 3.8) is 0 Å². The number of hydrogen-bond donors (Lipinski definition) is 1. The Bertz CT molecular complexity index is 1010. The van der Waals surface area contributed by atoms with E-state index < -0.39 is 12.4 Å². The quantitative estimate of drug-likeness (QED) is 0.556. The third-order valence-electron chi connectivity index (χ3n) is 3.94. The van der Waals surface area contributed by atoms with Crippen molar-refractivity contribution in [2.24, 2.45) is 0 Å². The molecule has 1 amide bonds. The van der Waals surface area contributed by atoms with Crippen LogP contribution in [0.15, 0.2) is 36.4 Å². The van der Waals surface area contributed by atoms with Crippen molar-refractivity contribution in [1.82, 2.24) is 5.32 Å². The molecule has 1 heterocycles. The van der Waals surface area contributed by atoms with Crippen LogP contribution >= 0.6 is 22.9 Å². The molecule has 3 aromatic rings. The third kappa shape index (κ3) is 4.51. The molecular weight excluding hydrogens is 415 g/mol. The highest BCUT2D eigenvalue weighted by Crippen LogP contribution is 2.35. The van der Waals surface area contributed by atoms with Gasteiger partial charge in [-0.1, -0.05) is 17.7 Å². The molecule has 0 aliphatic rings. The Labute approximate surface area is 167 Å². The monoisotopic (exact) mass is 429 g/mol. The lowest BCUT2D eigenvalue weighted by Gasteiger charge is -2.11. The highest BCUT2D eigenvalue weighted by Gasteiger charge is 2.17. The van der Waals surface area contributed by atoms with Gasteiger partial charge >= 0.3 is 6.61 Å². The molecule has 2 aromatic carbocycles. The lowest BCUT2D eigenvalue weighted by atomic mass is 10.1. The second-order valence-electron chi connectivity index (χ2n) is 5.76. The Morgan fingerprint density at radius 1 is 1.21 bits per heavy atom. The van der Waals surface area contributed by atoms with Crippen LogP contribution < -0.4 is 14.8 Å². The largest absolute Gasteiger partial charge is 0.493 e. The summed E-state index contributed by atoms with van der Waals surface area (Å²) in [5.74, 6) is -0.670. The van der Waals surface area contributed by atoms with Crippen LogP contribution in [0.4, 0.5) is 13.2 Å². The van der Waals surface area contributed by atoms with E-state index in [-0.39, 0.29) is 29.0 Å². The van der Waals surface area contributed by atoms with E-state index in [2.05, 4.69) is 10.1 Å². The number of thiophene rings is 1. The number of methoxy groups -OCH3 is 1. The van der Waals surface area contributed by atoms with Gasteiger partial charge in [-0.2, -0.15) is 8.78 Å². The number of fused-ring (bicyclic) bond motifs is 1. The first kappa shape index (κ1) is 20.3. The normalized spacial score (nSPS) is 11.1. The zero-order chi connectivity index (χ0) is 20.3. The summed E-state index contributed by atoms with van der Waals surface area (Å²) in [6.07, 6.45) is 0.381. The van der Waals surface area contributed by atoms with Gasteiger partial charge in [0.2, 0.25) is 0 Å². The van der Waals surface area contributed by atoms with Gasteiger partial charge in [0, 0.05) is 16.6 Å². The number of carbonyl (C=O) groups excluding carboxylic acids is 1. The third-order valence-corrected chi connectivity index (χ3v) is 5.60. The first-order chi connectivity index (χ1) is 13.4. The first-order valence-electron chi connectivity index (χ1n) is 8.16. The summed E-state index contributed by atoms with van der Waals surface area (Å²) >= 11 is 7.33. The molecule has 1 N–H and O–H groups in total. The van der Waals surface area contributed by atoms with Gasteiger partial charge in [-0.25, -0.2) is 4.39 Å². The zero-order valence-corrected chi connectivity index (χ0v) is 16.2. The summed E-state index contributed by atoms with van der Waals surface area (Å²) in [4.78, 5) is 12.7. The van der Waals surface area contributed by atoms with Crippen LogP contribution in [0, 0.1) is 5.82 Å². The molecular formula is C19H15ClF3NO3S. The van der Waals surface area contributed by atoms with E-state index in [4.69, 9.17) is 16.3 Å². The van der Waals surface area contributed by atoms with E-state index in [1.165, 1.54) is 37.4 Å².